The summed E-state index contributed by atoms with van der Waals surface area (Å²) in [5, 5.41) is 9.07. The van der Waals surface area contributed by atoms with Gasteiger partial charge in [0.25, 0.3) is 0 Å². The molecule has 0 fully saturated rings. The Morgan fingerprint density at radius 3 is 2.67 bits per heavy atom. The van der Waals surface area contributed by atoms with Gasteiger partial charge in [-0.3, -0.25) is 0 Å². The van der Waals surface area contributed by atoms with Crippen LogP contribution in [0.3, 0.4) is 0 Å². The lowest BCUT2D eigenvalue weighted by Crippen LogP contribution is -1.92. The Balaban J connectivity index is 2.55. The van der Waals surface area contributed by atoms with Crippen LogP contribution in [-0.4, -0.2) is 19.2 Å². The minimum Gasteiger partial charge on any atom is -0.495 e. The fourth-order valence-electron chi connectivity index (χ4n) is 1.74. The number of nitriles is 1. The summed E-state index contributed by atoms with van der Waals surface area (Å²) in [6, 6.07) is 11.2. The van der Waals surface area contributed by atoms with Crippen molar-refractivity contribution in [2.24, 2.45) is 0 Å². The van der Waals surface area contributed by atoms with Gasteiger partial charge in [0, 0.05) is 11.8 Å². The van der Waals surface area contributed by atoms with Gasteiger partial charge >= 0.3 is 0 Å². The molecule has 4 nitrogen and oxygen atoms in total. The van der Waals surface area contributed by atoms with Crippen LogP contribution in [0.5, 0.6) is 11.6 Å². The van der Waals surface area contributed by atoms with Gasteiger partial charge < -0.3 is 9.47 Å². The van der Waals surface area contributed by atoms with Crippen molar-refractivity contribution in [2.45, 2.75) is 0 Å². The maximum atomic E-state index is 9.07. The van der Waals surface area contributed by atoms with E-state index in [0.717, 1.165) is 11.1 Å². The second kappa shape index (κ2) is 5.19. The molecule has 0 atom stereocenters. The molecule has 1 heterocycles. The number of nitrogens with zero attached hydrogens (tertiary/aromatic N) is 2. The lowest BCUT2D eigenvalue weighted by atomic mass is 10.0. The summed E-state index contributed by atoms with van der Waals surface area (Å²) in [6.07, 6.45) is 1.66. The van der Waals surface area contributed by atoms with Gasteiger partial charge in [-0.15, -0.1) is 0 Å². The van der Waals surface area contributed by atoms with Gasteiger partial charge in [0.15, 0.2) is 0 Å². The summed E-state index contributed by atoms with van der Waals surface area (Å²) >= 11 is 0. The van der Waals surface area contributed by atoms with Gasteiger partial charge in [0.05, 0.1) is 19.8 Å². The van der Waals surface area contributed by atoms with E-state index in [1.54, 1.807) is 32.5 Å². The molecular formula is C14H12N2O2. The molecule has 0 unspecified atom stereocenters. The Labute approximate surface area is 105 Å². The quantitative estimate of drug-likeness (QED) is 0.827. The molecular weight excluding hydrogens is 228 g/mol. The van der Waals surface area contributed by atoms with Gasteiger partial charge in [-0.2, -0.15) is 5.26 Å². The lowest BCUT2D eigenvalue weighted by Gasteiger charge is -2.09. The SMILES string of the molecule is COc1ccc(-c2cccnc2OC)cc1C#N. The monoisotopic (exact) mass is 240 g/mol. The highest BCUT2D eigenvalue weighted by atomic mass is 16.5. The first-order valence-corrected chi connectivity index (χ1v) is 5.37. The summed E-state index contributed by atoms with van der Waals surface area (Å²) in [7, 11) is 3.11. The van der Waals surface area contributed by atoms with Gasteiger partial charge in [-0.05, 0) is 29.8 Å². The van der Waals surface area contributed by atoms with Crippen molar-refractivity contribution in [3.63, 3.8) is 0 Å². The molecule has 90 valence electrons. The van der Waals surface area contributed by atoms with Crippen molar-refractivity contribution in [2.75, 3.05) is 14.2 Å². The highest BCUT2D eigenvalue weighted by molar-refractivity contribution is 5.71. The average molecular weight is 240 g/mol. The molecule has 2 rings (SSSR count). The second-order valence-corrected chi connectivity index (χ2v) is 3.59. The predicted molar refractivity (Wildman–Crippen MR) is 67.5 cm³/mol. The standard InChI is InChI=1S/C14H12N2O2/c1-17-13-6-5-10(8-11(13)9-15)12-4-3-7-16-14(12)18-2/h3-8H,1-2H3. The number of aromatic nitrogens is 1. The molecule has 0 saturated carbocycles. The average Bonchev–Trinajstić information content (AvgIpc) is 2.46. The predicted octanol–water partition coefficient (Wildman–Crippen LogP) is 2.64. The van der Waals surface area contributed by atoms with E-state index in [0.29, 0.717) is 17.2 Å². The van der Waals surface area contributed by atoms with Crippen LogP contribution in [-0.2, 0) is 0 Å². The van der Waals surface area contributed by atoms with E-state index < -0.39 is 0 Å². The van der Waals surface area contributed by atoms with Crippen LogP contribution in [0.4, 0.5) is 0 Å². The Hall–Kier alpha value is -2.54. The minimum absolute atomic E-state index is 0.487. The summed E-state index contributed by atoms with van der Waals surface area (Å²) < 4.78 is 10.3. The third kappa shape index (κ3) is 2.11. The van der Waals surface area contributed by atoms with Crippen LogP contribution in [0.1, 0.15) is 5.56 Å². The number of pyridine rings is 1. The Bertz CT molecular complexity index is 603. The number of methoxy groups -OCH3 is 2. The Morgan fingerprint density at radius 2 is 2.00 bits per heavy atom. The molecule has 4 heteroatoms. The first-order valence-electron chi connectivity index (χ1n) is 5.37. The maximum absolute atomic E-state index is 9.07. The highest BCUT2D eigenvalue weighted by Crippen LogP contribution is 2.30. The zero-order valence-electron chi connectivity index (χ0n) is 10.2. The van der Waals surface area contributed by atoms with Crippen molar-refractivity contribution in [3.8, 4) is 28.8 Å². The summed E-state index contributed by atoms with van der Waals surface area (Å²) in [5.41, 5.74) is 2.21. The number of hydrogen-bond donors (Lipinski definition) is 0. The van der Waals surface area contributed by atoms with Crippen molar-refractivity contribution in [1.82, 2.24) is 4.98 Å². The molecule has 1 aromatic heterocycles. The molecule has 0 bridgehead atoms. The van der Waals surface area contributed by atoms with Gasteiger partial charge in [0.1, 0.15) is 11.8 Å². The normalized spacial score (nSPS) is 9.61. The molecule has 0 aliphatic rings. The van der Waals surface area contributed by atoms with Crippen LogP contribution in [0.25, 0.3) is 11.1 Å². The fourth-order valence-corrected chi connectivity index (χ4v) is 1.74. The maximum Gasteiger partial charge on any atom is 0.221 e. The minimum atomic E-state index is 0.487. The van der Waals surface area contributed by atoms with E-state index in [1.807, 2.05) is 18.2 Å². The first-order chi connectivity index (χ1) is 8.80. The van der Waals surface area contributed by atoms with Crippen LogP contribution in [0, 0.1) is 11.3 Å². The molecule has 0 aliphatic carbocycles. The van der Waals surface area contributed by atoms with E-state index in [1.165, 1.54) is 0 Å². The summed E-state index contributed by atoms with van der Waals surface area (Å²) in [5.74, 6) is 1.09. The summed E-state index contributed by atoms with van der Waals surface area (Å²) in [6.45, 7) is 0. The van der Waals surface area contributed by atoms with Crippen molar-refractivity contribution in [1.29, 1.82) is 5.26 Å². The molecule has 2 aromatic rings. The Morgan fingerprint density at radius 1 is 1.17 bits per heavy atom. The number of rotatable bonds is 3. The topological polar surface area (TPSA) is 55.1 Å². The lowest BCUT2D eigenvalue weighted by molar-refractivity contribution is 0.399. The molecule has 0 saturated heterocycles. The van der Waals surface area contributed by atoms with Crippen molar-refractivity contribution >= 4 is 0 Å². The van der Waals surface area contributed by atoms with Crippen LogP contribution in [0.15, 0.2) is 36.5 Å². The molecule has 0 amide bonds. The van der Waals surface area contributed by atoms with Crippen LogP contribution >= 0.6 is 0 Å². The molecule has 0 aliphatic heterocycles. The van der Waals surface area contributed by atoms with E-state index in [2.05, 4.69) is 11.1 Å². The number of ether oxygens (including phenoxy) is 2. The highest BCUT2D eigenvalue weighted by Gasteiger charge is 2.09. The third-order valence-corrected chi connectivity index (χ3v) is 2.60. The summed E-state index contributed by atoms with van der Waals surface area (Å²) in [4.78, 5) is 4.14. The van der Waals surface area contributed by atoms with Gasteiger partial charge in [-0.1, -0.05) is 6.07 Å². The van der Waals surface area contributed by atoms with Gasteiger partial charge in [0.2, 0.25) is 5.88 Å². The molecule has 18 heavy (non-hydrogen) atoms. The number of benzene rings is 1. The second-order valence-electron chi connectivity index (χ2n) is 3.59. The van der Waals surface area contributed by atoms with Gasteiger partial charge in [-0.25, -0.2) is 4.98 Å². The van der Waals surface area contributed by atoms with E-state index in [9.17, 15) is 0 Å². The largest absolute Gasteiger partial charge is 0.495 e. The first kappa shape index (κ1) is 11.9. The van der Waals surface area contributed by atoms with Crippen LogP contribution in [0.2, 0.25) is 0 Å². The van der Waals surface area contributed by atoms with Crippen molar-refractivity contribution < 1.29 is 9.47 Å². The molecule has 0 N–H and O–H groups in total. The van der Waals surface area contributed by atoms with E-state index >= 15 is 0 Å². The fraction of sp³-hybridized carbons (Fsp3) is 0.143. The zero-order valence-corrected chi connectivity index (χ0v) is 10.2. The van der Waals surface area contributed by atoms with E-state index in [-0.39, 0.29) is 0 Å². The Kier molecular flexibility index (Phi) is 3.44. The molecule has 0 spiro atoms. The third-order valence-electron chi connectivity index (χ3n) is 2.60. The smallest absolute Gasteiger partial charge is 0.221 e. The van der Waals surface area contributed by atoms with Crippen LogP contribution < -0.4 is 9.47 Å². The van der Waals surface area contributed by atoms with E-state index in [4.69, 9.17) is 14.7 Å². The van der Waals surface area contributed by atoms with Crippen molar-refractivity contribution in [3.05, 3.63) is 42.1 Å². The number of hydrogen-bond acceptors (Lipinski definition) is 4. The zero-order chi connectivity index (χ0) is 13.0. The molecule has 1 aromatic carbocycles. The molecule has 0 radical (unpaired) electrons.